The van der Waals surface area contributed by atoms with Crippen LogP contribution in [-0.2, 0) is 4.79 Å². The Hall–Kier alpha value is 0.200. The Labute approximate surface area is 94.2 Å². The Bertz CT molecular complexity index is 136. The fraction of sp³-hybridized carbons (Fsp3) is 0.900. The van der Waals surface area contributed by atoms with E-state index in [1.165, 1.54) is 32.1 Å². The van der Waals surface area contributed by atoms with Gasteiger partial charge in [-0.3, -0.25) is 4.79 Å². The lowest BCUT2D eigenvalue weighted by molar-refractivity contribution is -0.134. The van der Waals surface area contributed by atoms with E-state index in [0.29, 0.717) is 0 Å². The van der Waals surface area contributed by atoms with E-state index in [2.05, 4.69) is 29.5 Å². The molecule has 0 saturated heterocycles. The number of carboxylic acid groups (broad SMARTS) is 1. The topological polar surface area (TPSA) is 37.3 Å². The van der Waals surface area contributed by atoms with Gasteiger partial charge in [-0.05, 0) is 31.6 Å². The van der Waals surface area contributed by atoms with E-state index in [4.69, 9.17) is 9.90 Å². The summed E-state index contributed by atoms with van der Waals surface area (Å²) in [5.74, 6) is 0.232. The van der Waals surface area contributed by atoms with Crippen LogP contribution in [0.5, 0.6) is 0 Å². The van der Waals surface area contributed by atoms with E-state index in [1.54, 1.807) is 0 Å². The monoisotopic (exact) mass is 298 g/mol. The average Bonchev–Trinajstić information content (AvgIpc) is 2.05. The third-order valence-electron chi connectivity index (χ3n) is 2.35. The van der Waals surface area contributed by atoms with Crippen molar-refractivity contribution in [3.8, 4) is 0 Å². The molecule has 2 nitrogen and oxygen atoms in total. The number of carbonyl (C=O) groups is 1. The molecule has 1 rings (SSSR count). The van der Waals surface area contributed by atoms with Crippen LogP contribution in [0.2, 0.25) is 0 Å². The van der Waals surface area contributed by atoms with Gasteiger partial charge < -0.3 is 5.11 Å². The van der Waals surface area contributed by atoms with E-state index < -0.39 is 5.97 Å². The molecule has 0 amide bonds. The van der Waals surface area contributed by atoms with Gasteiger partial charge in [-0.2, -0.15) is 0 Å². The Morgan fingerprint density at radius 2 is 1.77 bits per heavy atom. The van der Waals surface area contributed by atoms with Gasteiger partial charge in [-0.25, -0.2) is 0 Å². The van der Waals surface area contributed by atoms with Crippen molar-refractivity contribution in [3.63, 3.8) is 0 Å². The van der Waals surface area contributed by atoms with Crippen LogP contribution in [0.15, 0.2) is 0 Å². The molecule has 0 aromatic carbocycles. The van der Waals surface area contributed by atoms with Crippen LogP contribution >= 0.6 is 22.6 Å². The van der Waals surface area contributed by atoms with Gasteiger partial charge >= 0.3 is 0 Å². The minimum Gasteiger partial charge on any atom is -0.481 e. The Balaban J connectivity index is 0.000000310. The number of hydrogen-bond donors (Lipinski definition) is 1. The van der Waals surface area contributed by atoms with Gasteiger partial charge in [0.1, 0.15) is 0 Å². The average molecular weight is 298 g/mol. The molecule has 0 radical (unpaired) electrons. The molecule has 1 saturated carbocycles. The normalized spacial score (nSPS) is 27.3. The largest absolute Gasteiger partial charge is 0.481 e. The van der Waals surface area contributed by atoms with Crippen LogP contribution in [0.4, 0.5) is 0 Å². The summed E-state index contributed by atoms with van der Waals surface area (Å²) in [6.45, 7) is 3.40. The summed E-state index contributed by atoms with van der Waals surface area (Å²) < 4.78 is 0.991. The zero-order chi connectivity index (χ0) is 10.3. The minimum atomic E-state index is -0.833. The lowest BCUT2D eigenvalue weighted by Gasteiger charge is -2.23. The zero-order valence-electron chi connectivity index (χ0n) is 8.42. The van der Waals surface area contributed by atoms with Crippen molar-refractivity contribution in [2.45, 2.75) is 49.9 Å². The number of alkyl halides is 1. The maximum atomic E-state index is 9.00. The maximum absolute atomic E-state index is 9.00. The molecule has 13 heavy (non-hydrogen) atoms. The van der Waals surface area contributed by atoms with E-state index in [-0.39, 0.29) is 0 Å². The van der Waals surface area contributed by atoms with E-state index in [1.807, 2.05) is 0 Å². The van der Waals surface area contributed by atoms with Gasteiger partial charge in [0, 0.05) is 10.8 Å². The fourth-order valence-electron chi connectivity index (χ4n) is 1.53. The van der Waals surface area contributed by atoms with Crippen molar-refractivity contribution in [2.75, 3.05) is 0 Å². The highest BCUT2D eigenvalue weighted by Crippen LogP contribution is 2.30. The SMILES string of the molecule is CC(=O)O.CCC1CCC(I)CC1. The molecule has 1 fully saturated rings. The maximum Gasteiger partial charge on any atom is 0.300 e. The molecule has 0 unspecified atom stereocenters. The van der Waals surface area contributed by atoms with E-state index in [0.717, 1.165) is 16.8 Å². The molecule has 1 aliphatic rings. The smallest absolute Gasteiger partial charge is 0.300 e. The molecule has 0 aliphatic heterocycles. The van der Waals surface area contributed by atoms with Gasteiger partial charge in [-0.15, -0.1) is 0 Å². The van der Waals surface area contributed by atoms with Crippen LogP contribution in [0, 0.1) is 5.92 Å². The molecular formula is C10H19IO2. The summed E-state index contributed by atoms with van der Waals surface area (Å²) in [5, 5.41) is 7.42. The highest BCUT2D eigenvalue weighted by atomic mass is 127. The molecule has 1 N–H and O–H groups in total. The Kier molecular flexibility index (Phi) is 7.71. The molecule has 0 aromatic rings. The first-order chi connectivity index (χ1) is 6.06. The third-order valence-corrected chi connectivity index (χ3v) is 3.60. The fourth-order valence-corrected chi connectivity index (χ4v) is 2.25. The van der Waals surface area contributed by atoms with Gasteiger partial charge in [0.05, 0.1) is 0 Å². The van der Waals surface area contributed by atoms with Crippen LogP contribution < -0.4 is 0 Å². The van der Waals surface area contributed by atoms with Crippen molar-refractivity contribution >= 4 is 28.6 Å². The van der Waals surface area contributed by atoms with Crippen molar-refractivity contribution in [1.82, 2.24) is 0 Å². The Morgan fingerprint density at radius 3 is 2.08 bits per heavy atom. The number of hydrogen-bond acceptors (Lipinski definition) is 1. The third kappa shape index (κ3) is 8.53. The number of halogens is 1. The van der Waals surface area contributed by atoms with E-state index >= 15 is 0 Å². The highest BCUT2D eigenvalue weighted by molar-refractivity contribution is 14.1. The van der Waals surface area contributed by atoms with Gasteiger partial charge in [0.15, 0.2) is 0 Å². The second kappa shape index (κ2) is 7.59. The quantitative estimate of drug-likeness (QED) is 0.594. The van der Waals surface area contributed by atoms with Crippen LogP contribution in [0.1, 0.15) is 46.0 Å². The second-order valence-electron chi connectivity index (χ2n) is 3.55. The van der Waals surface area contributed by atoms with Crippen molar-refractivity contribution in [2.24, 2.45) is 5.92 Å². The van der Waals surface area contributed by atoms with Crippen molar-refractivity contribution in [1.29, 1.82) is 0 Å². The van der Waals surface area contributed by atoms with Crippen molar-refractivity contribution < 1.29 is 9.90 Å². The lowest BCUT2D eigenvalue weighted by Crippen LogP contribution is -2.12. The van der Waals surface area contributed by atoms with Gasteiger partial charge in [-0.1, -0.05) is 35.9 Å². The van der Waals surface area contributed by atoms with Gasteiger partial charge in [0.25, 0.3) is 5.97 Å². The summed E-state index contributed by atoms with van der Waals surface area (Å²) in [7, 11) is 0. The first-order valence-electron chi connectivity index (χ1n) is 4.89. The standard InChI is InChI=1S/C8H15I.C2H4O2/c1-2-7-3-5-8(9)6-4-7;1-2(3)4/h7-8H,2-6H2,1H3;1H3,(H,3,4). The van der Waals surface area contributed by atoms with Crippen LogP contribution in [0.25, 0.3) is 0 Å². The predicted molar refractivity (Wildman–Crippen MR) is 63.4 cm³/mol. The molecule has 0 bridgehead atoms. The minimum absolute atomic E-state index is 0.833. The first kappa shape index (κ1) is 13.2. The lowest BCUT2D eigenvalue weighted by atomic mass is 9.88. The Morgan fingerprint density at radius 1 is 1.38 bits per heavy atom. The summed E-state index contributed by atoms with van der Waals surface area (Å²) in [5.41, 5.74) is 0. The molecule has 0 atom stereocenters. The van der Waals surface area contributed by atoms with Gasteiger partial charge in [0.2, 0.25) is 0 Å². The van der Waals surface area contributed by atoms with Crippen LogP contribution in [-0.4, -0.2) is 15.0 Å². The predicted octanol–water partition coefficient (Wildman–Crippen LogP) is 3.48. The molecule has 78 valence electrons. The zero-order valence-corrected chi connectivity index (χ0v) is 10.6. The highest BCUT2D eigenvalue weighted by Gasteiger charge is 2.16. The summed E-state index contributed by atoms with van der Waals surface area (Å²) in [6, 6.07) is 0. The molecule has 0 spiro atoms. The summed E-state index contributed by atoms with van der Waals surface area (Å²) in [4.78, 5) is 9.00. The second-order valence-corrected chi connectivity index (χ2v) is 5.31. The van der Waals surface area contributed by atoms with Crippen LogP contribution in [0.3, 0.4) is 0 Å². The molecule has 0 heterocycles. The number of aliphatic carboxylic acids is 1. The summed E-state index contributed by atoms with van der Waals surface area (Å²) in [6.07, 6.45) is 7.33. The van der Waals surface area contributed by atoms with E-state index in [9.17, 15) is 0 Å². The summed E-state index contributed by atoms with van der Waals surface area (Å²) >= 11 is 2.58. The first-order valence-corrected chi connectivity index (χ1v) is 6.14. The molecule has 0 aromatic heterocycles. The van der Waals surface area contributed by atoms with Crippen molar-refractivity contribution in [3.05, 3.63) is 0 Å². The molecule has 3 heteroatoms. The number of rotatable bonds is 1. The molecular weight excluding hydrogens is 279 g/mol. The molecule has 1 aliphatic carbocycles. The number of carboxylic acids is 1.